The minimum atomic E-state index is -0.917. The van der Waals surface area contributed by atoms with Crippen LogP contribution in [0.5, 0.6) is 11.5 Å². The quantitative estimate of drug-likeness (QED) is 0.893. The molecule has 0 radical (unpaired) electrons. The summed E-state index contributed by atoms with van der Waals surface area (Å²) in [5, 5.41) is 9.89. The lowest BCUT2D eigenvalue weighted by molar-refractivity contribution is -0.0168. The summed E-state index contributed by atoms with van der Waals surface area (Å²) in [5.41, 5.74) is 7.54. The van der Waals surface area contributed by atoms with Crippen molar-refractivity contribution in [2.45, 2.75) is 12.8 Å². The highest BCUT2D eigenvalue weighted by Gasteiger charge is 2.25. The summed E-state index contributed by atoms with van der Waals surface area (Å²) in [6.45, 7) is 0.876. The van der Waals surface area contributed by atoms with Gasteiger partial charge in [-0.2, -0.15) is 0 Å². The third-order valence-corrected chi connectivity index (χ3v) is 3.76. The minimum absolute atomic E-state index is 0.307. The second-order valence-electron chi connectivity index (χ2n) is 5.35. The molecule has 0 bridgehead atoms. The fourth-order valence-corrected chi connectivity index (χ4v) is 2.59. The van der Waals surface area contributed by atoms with Crippen LogP contribution in [0.15, 0.2) is 42.5 Å². The molecule has 0 saturated heterocycles. The van der Waals surface area contributed by atoms with E-state index >= 15 is 0 Å². The molecular formula is C17H18N2O4. The molecular weight excluding hydrogens is 296 g/mol. The maximum atomic E-state index is 11.4. The Bertz CT molecular complexity index is 715. The second kappa shape index (κ2) is 6.18. The summed E-state index contributed by atoms with van der Waals surface area (Å²) in [6.07, 6.45) is -0.917. The van der Waals surface area contributed by atoms with Gasteiger partial charge in [0.2, 0.25) is 12.2 Å². The molecule has 0 aliphatic carbocycles. The van der Waals surface area contributed by atoms with Gasteiger partial charge in [-0.05, 0) is 35.9 Å². The number of hydrogen-bond acceptors (Lipinski definition) is 5. The predicted octanol–water partition coefficient (Wildman–Crippen LogP) is 1.51. The zero-order valence-electron chi connectivity index (χ0n) is 12.7. The van der Waals surface area contributed by atoms with E-state index in [9.17, 15) is 9.90 Å². The first-order valence-corrected chi connectivity index (χ1v) is 7.23. The molecule has 0 aromatic heterocycles. The monoisotopic (exact) mass is 314 g/mol. The van der Waals surface area contributed by atoms with Crippen molar-refractivity contribution >= 4 is 11.6 Å². The maximum absolute atomic E-state index is 11.4. The van der Waals surface area contributed by atoms with Gasteiger partial charge in [-0.25, -0.2) is 0 Å². The van der Waals surface area contributed by atoms with Crippen LogP contribution in [0.2, 0.25) is 0 Å². The van der Waals surface area contributed by atoms with Gasteiger partial charge in [-0.1, -0.05) is 12.1 Å². The topological polar surface area (TPSA) is 85.0 Å². The Morgan fingerprint density at radius 2 is 2.09 bits per heavy atom. The van der Waals surface area contributed by atoms with E-state index in [0.29, 0.717) is 24.4 Å². The lowest BCUT2D eigenvalue weighted by Gasteiger charge is -2.34. The van der Waals surface area contributed by atoms with Crippen LogP contribution in [-0.2, 0) is 6.54 Å². The molecule has 1 heterocycles. The average molecular weight is 314 g/mol. The Labute approximate surface area is 134 Å². The number of methoxy groups -OCH3 is 1. The van der Waals surface area contributed by atoms with Gasteiger partial charge in [0.1, 0.15) is 11.5 Å². The highest BCUT2D eigenvalue weighted by Crippen LogP contribution is 2.35. The van der Waals surface area contributed by atoms with Crippen LogP contribution in [0.4, 0.5) is 5.69 Å². The van der Waals surface area contributed by atoms with Crippen molar-refractivity contribution in [1.82, 2.24) is 0 Å². The van der Waals surface area contributed by atoms with E-state index in [1.807, 2.05) is 29.2 Å². The molecule has 0 saturated carbocycles. The van der Waals surface area contributed by atoms with Gasteiger partial charge in [0.05, 0.1) is 19.3 Å². The lowest BCUT2D eigenvalue weighted by Crippen LogP contribution is -2.39. The van der Waals surface area contributed by atoms with Gasteiger partial charge in [0, 0.05) is 12.1 Å². The lowest BCUT2D eigenvalue weighted by atomic mass is 10.1. The van der Waals surface area contributed by atoms with Gasteiger partial charge >= 0.3 is 0 Å². The van der Waals surface area contributed by atoms with Crippen molar-refractivity contribution in [3.05, 3.63) is 53.6 Å². The molecule has 0 spiro atoms. The molecule has 120 valence electrons. The normalized spacial score (nSPS) is 16.4. The number of anilines is 1. The number of fused-ring (bicyclic) bond motifs is 1. The Morgan fingerprint density at radius 1 is 1.35 bits per heavy atom. The minimum Gasteiger partial charge on any atom is -0.497 e. The molecule has 6 nitrogen and oxygen atoms in total. The number of carbonyl (C=O) groups is 1. The summed E-state index contributed by atoms with van der Waals surface area (Å²) >= 11 is 0. The summed E-state index contributed by atoms with van der Waals surface area (Å²) in [7, 11) is 1.62. The first-order chi connectivity index (χ1) is 11.1. The molecule has 1 atom stereocenters. The third-order valence-electron chi connectivity index (χ3n) is 3.76. The van der Waals surface area contributed by atoms with Gasteiger partial charge in [-0.15, -0.1) is 0 Å². The maximum Gasteiger partial charge on any atom is 0.248 e. The highest BCUT2D eigenvalue weighted by molar-refractivity contribution is 5.94. The number of nitrogens with zero attached hydrogens (tertiary/aromatic N) is 1. The zero-order valence-corrected chi connectivity index (χ0v) is 12.7. The van der Waals surface area contributed by atoms with E-state index in [1.165, 1.54) is 0 Å². The van der Waals surface area contributed by atoms with E-state index < -0.39 is 12.2 Å². The first-order valence-electron chi connectivity index (χ1n) is 7.23. The number of primary amides is 1. The SMILES string of the molecule is COc1ccc(CN2CC(O)Oc3ccc(C(N)=O)cc32)cc1. The number of benzene rings is 2. The zero-order chi connectivity index (χ0) is 16.4. The highest BCUT2D eigenvalue weighted by atomic mass is 16.6. The Kier molecular flexibility index (Phi) is 4.08. The molecule has 2 aromatic carbocycles. The third kappa shape index (κ3) is 3.22. The van der Waals surface area contributed by atoms with Gasteiger partial charge in [0.15, 0.2) is 0 Å². The number of amides is 1. The van der Waals surface area contributed by atoms with Crippen molar-refractivity contribution in [1.29, 1.82) is 0 Å². The molecule has 6 heteroatoms. The molecule has 0 fully saturated rings. The molecule has 1 aliphatic heterocycles. The molecule has 3 N–H and O–H groups in total. The smallest absolute Gasteiger partial charge is 0.248 e. The van der Waals surface area contributed by atoms with Gasteiger partial charge in [-0.3, -0.25) is 4.79 Å². The molecule has 2 aromatic rings. The van der Waals surface area contributed by atoms with E-state index in [1.54, 1.807) is 25.3 Å². The molecule has 1 amide bonds. The van der Waals surface area contributed by atoms with Crippen LogP contribution in [0.1, 0.15) is 15.9 Å². The van der Waals surface area contributed by atoms with E-state index in [-0.39, 0.29) is 0 Å². The number of hydrogen-bond donors (Lipinski definition) is 2. The standard InChI is InChI=1S/C17H18N2O4/c1-22-13-5-2-11(3-6-13)9-19-10-16(20)23-15-7-4-12(17(18)21)8-14(15)19/h2-8,16,20H,9-10H2,1H3,(H2,18,21). The Hall–Kier alpha value is -2.73. The van der Waals surface area contributed by atoms with Gasteiger partial charge < -0.3 is 25.2 Å². The molecule has 1 aliphatic rings. The number of aliphatic hydroxyl groups is 1. The van der Waals surface area contributed by atoms with E-state index in [0.717, 1.165) is 17.0 Å². The van der Waals surface area contributed by atoms with Gasteiger partial charge in [0.25, 0.3) is 0 Å². The number of aliphatic hydroxyl groups excluding tert-OH is 1. The summed E-state index contributed by atoms with van der Waals surface area (Å²) in [6, 6.07) is 12.6. The largest absolute Gasteiger partial charge is 0.497 e. The fraction of sp³-hybridized carbons (Fsp3) is 0.235. The van der Waals surface area contributed by atoms with E-state index in [2.05, 4.69) is 0 Å². The Morgan fingerprint density at radius 3 is 2.74 bits per heavy atom. The van der Waals surface area contributed by atoms with Crippen molar-refractivity contribution in [3.8, 4) is 11.5 Å². The molecule has 23 heavy (non-hydrogen) atoms. The summed E-state index contributed by atoms with van der Waals surface area (Å²) < 4.78 is 10.6. The fourth-order valence-electron chi connectivity index (χ4n) is 2.59. The summed E-state index contributed by atoms with van der Waals surface area (Å²) in [5.74, 6) is 0.817. The second-order valence-corrected chi connectivity index (χ2v) is 5.35. The number of ether oxygens (including phenoxy) is 2. The molecule has 3 rings (SSSR count). The predicted molar refractivity (Wildman–Crippen MR) is 85.6 cm³/mol. The van der Waals surface area contributed by atoms with Crippen LogP contribution in [0.25, 0.3) is 0 Å². The van der Waals surface area contributed by atoms with Crippen LogP contribution >= 0.6 is 0 Å². The summed E-state index contributed by atoms with van der Waals surface area (Å²) in [4.78, 5) is 13.3. The van der Waals surface area contributed by atoms with Crippen molar-refractivity contribution in [2.24, 2.45) is 5.73 Å². The van der Waals surface area contributed by atoms with Crippen LogP contribution in [0.3, 0.4) is 0 Å². The van der Waals surface area contributed by atoms with E-state index in [4.69, 9.17) is 15.2 Å². The van der Waals surface area contributed by atoms with Crippen LogP contribution in [-0.4, -0.2) is 31.0 Å². The average Bonchev–Trinajstić information content (AvgIpc) is 2.55. The molecule has 1 unspecified atom stereocenters. The van der Waals surface area contributed by atoms with Crippen LogP contribution in [0, 0.1) is 0 Å². The number of β-amino-alcohol motifs (C(OH)–C–C–N with tert-alkyl or cyclic N) is 1. The number of carbonyl (C=O) groups excluding carboxylic acids is 1. The van der Waals surface area contributed by atoms with Crippen molar-refractivity contribution in [3.63, 3.8) is 0 Å². The van der Waals surface area contributed by atoms with Crippen molar-refractivity contribution in [2.75, 3.05) is 18.6 Å². The number of nitrogens with two attached hydrogens (primary N) is 1. The Balaban J connectivity index is 1.90. The van der Waals surface area contributed by atoms with Crippen molar-refractivity contribution < 1.29 is 19.4 Å². The first kappa shape index (κ1) is 15.2. The van der Waals surface area contributed by atoms with Crippen LogP contribution < -0.4 is 20.1 Å². The number of rotatable bonds is 4.